The van der Waals surface area contributed by atoms with Crippen molar-refractivity contribution in [3.63, 3.8) is 0 Å². The number of nitrogens with one attached hydrogen (secondary N) is 2. The summed E-state index contributed by atoms with van der Waals surface area (Å²) in [5, 5.41) is 15.2. The van der Waals surface area contributed by atoms with Gasteiger partial charge in [-0.2, -0.15) is 0 Å². The van der Waals surface area contributed by atoms with Gasteiger partial charge in [-0.25, -0.2) is 4.79 Å². The zero-order valence-corrected chi connectivity index (χ0v) is 13.1. The summed E-state index contributed by atoms with van der Waals surface area (Å²) in [7, 11) is 0. The Balaban J connectivity index is 2.79. The van der Waals surface area contributed by atoms with Crippen LogP contribution >= 0.6 is 0 Å². The number of aliphatic carboxylic acids is 1. The number of hydrogen-bond donors (Lipinski definition) is 3. The first-order valence-corrected chi connectivity index (χ1v) is 7.06. The largest absolute Gasteiger partial charge is 0.480 e. The van der Waals surface area contributed by atoms with E-state index in [-0.39, 0.29) is 5.91 Å². The lowest BCUT2D eigenvalue weighted by Gasteiger charge is -2.41. The van der Waals surface area contributed by atoms with Crippen molar-refractivity contribution < 1.29 is 14.7 Å². The highest BCUT2D eigenvalue weighted by Crippen LogP contribution is 2.22. The van der Waals surface area contributed by atoms with E-state index in [0.29, 0.717) is 0 Å². The molecule has 0 radical (unpaired) electrons. The summed E-state index contributed by atoms with van der Waals surface area (Å²) < 4.78 is 0. The molecule has 0 aromatic rings. The molecule has 1 amide bonds. The Kier molecular flexibility index (Phi) is 5.15. The van der Waals surface area contributed by atoms with Crippen LogP contribution in [0.4, 0.5) is 0 Å². The third-order valence-electron chi connectivity index (χ3n) is 3.85. The molecule has 1 aliphatic heterocycles. The van der Waals surface area contributed by atoms with Crippen LogP contribution in [-0.2, 0) is 9.59 Å². The third kappa shape index (κ3) is 3.93. The Morgan fingerprint density at radius 1 is 1.15 bits per heavy atom. The average molecular weight is 285 g/mol. The van der Waals surface area contributed by atoms with Crippen LogP contribution in [0.5, 0.6) is 0 Å². The molecule has 6 heteroatoms. The van der Waals surface area contributed by atoms with E-state index in [1.54, 1.807) is 0 Å². The standard InChI is InChI=1S/C14H27N3O3/c1-13(2,3)10(11(18)19)16-12(20)14(4,5)17-8-6-15-7-9-17/h10,15H,6-9H2,1-5H3,(H,16,20)(H,18,19). The molecular formula is C14H27N3O3. The number of carboxylic acids is 1. The maximum absolute atomic E-state index is 12.5. The number of amides is 1. The van der Waals surface area contributed by atoms with E-state index < -0.39 is 23.0 Å². The maximum atomic E-state index is 12.5. The lowest BCUT2D eigenvalue weighted by molar-refractivity contribution is -0.147. The Hall–Kier alpha value is -1.14. The zero-order chi connectivity index (χ0) is 15.6. The predicted molar refractivity (Wildman–Crippen MR) is 77.5 cm³/mol. The van der Waals surface area contributed by atoms with Crippen molar-refractivity contribution >= 4 is 11.9 Å². The van der Waals surface area contributed by atoms with Gasteiger partial charge in [-0.1, -0.05) is 20.8 Å². The Morgan fingerprint density at radius 3 is 2.05 bits per heavy atom. The molecule has 0 saturated carbocycles. The topological polar surface area (TPSA) is 81.7 Å². The lowest BCUT2D eigenvalue weighted by Crippen LogP contribution is -2.63. The van der Waals surface area contributed by atoms with E-state index in [9.17, 15) is 14.7 Å². The second-order valence-electron chi connectivity index (χ2n) is 6.91. The van der Waals surface area contributed by atoms with Gasteiger partial charge in [0, 0.05) is 26.2 Å². The molecule has 1 saturated heterocycles. The number of carbonyl (C=O) groups excluding carboxylic acids is 1. The van der Waals surface area contributed by atoms with Gasteiger partial charge in [0.1, 0.15) is 6.04 Å². The molecule has 1 atom stereocenters. The quantitative estimate of drug-likeness (QED) is 0.691. The molecule has 116 valence electrons. The van der Waals surface area contributed by atoms with Crippen molar-refractivity contribution in [2.75, 3.05) is 26.2 Å². The number of carbonyl (C=O) groups is 2. The van der Waals surface area contributed by atoms with Crippen LogP contribution in [0.1, 0.15) is 34.6 Å². The molecule has 0 aromatic heterocycles. The molecule has 1 fully saturated rings. The van der Waals surface area contributed by atoms with Crippen molar-refractivity contribution in [1.82, 2.24) is 15.5 Å². The first-order chi connectivity index (χ1) is 9.06. The molecule has 1 aliphatic rings. The number of hydrogen-bond acceptors (Lipinski definition) is 4. The molecule has 1 heterocycles. The van der Waals surface area contributed by atoms with E-state index >= 15 is 0 Å². The first-order valence-electron chi connectivity index (χ1n) is 7.06. The van der Waals surface area contributed by atoms with E-state index in [4.69, 9.17) is 0 Å². The Morgan fingerprint density at radius 2 is 1.65 bits per heavy atom. The van der Waals surface area contributed by atoms with Gasteiger partial charge in [-0.3, -0.25) is 9.69 Å². The number of piperazine rings is 1. The van der Waals surface area contributed by atoms with Crippen LogP contribution in [0, 0.1) is 5.41 Å². The summed E-state index contributed by atoms with van der Waals surface area (Å²) in [5.41, 5.74) is -1.23. The zero-order valence-electron chi connectivity index (χ0n) is 13.1. The Bertz CT molecular complexity index is 368. The van der Waals surface area contributed by atoms with E-state index in [0.717, 1.165) is 26.2 Å². The molecule has 1 rings (SSSR count). The highest BCUT2D eigenvalue weighted by Gasteiger charge is 2.40. The fourth-order valence-corrected chi connectivity index (χ4v) is 2.32. The summed E-state index contributed by atoms with van der Waals surface area (Å²) in [6.07, 6.45) is 0. The molecule has 1 unspecified atom stereocenters. The number of nitrogens with zero attached hydrogens (tertiary/aromatic N) is 1. The van der Waals surface area contributed by atoms with Crippen LogP contribution in [0.25, 0.3) is 0 Å². The van der Waals surface area contributed by atoms with Crippen LogP contribution in [0.3, 0.4) is 0 Å². The number of carboxylic acid groups (broad SMARTS) is 1. The van der Waals surface area contributed by atoms with Crippen LogP contribution in [-0.4, -0.2) is 59.6 Å². The van der Waals surface area contributed by atoms with Gasteiger partial charge in [0.05, 0.1) is 5.54 Å². The average Bonchev–Trinajstić information content (AvgIpc) is 2.34. The summed E-state index contributed by atoms with van der Waals surface area (Å²) in [5.74, 6) is -1.23. The molecule has 0 bridgehead atoms. The van der Waals surface area contributed by atoms with Gasteiger partial charge >= 0.3 is 5.97 Å². The second kappa shape index (κ2) is 6.10. The van der Waals surface area contributed by atoms with E-state index in [2.05, 4.69) is 15.5 Å². The minimum absolute atomic E-state index is 0.235. The molecule has 3 N–H and O–H groups in total. The van der Waals surface area contributed by atoms with E-state index in [1.807, 2.05) is 34.6 Å². The number of rotatable bonds is 4. The van der Waals surface area contributed by atoms with Crippen LogP contribution in [0.2, 0.25) is 0 Å². The predicted octanol–water partition coefficient (Wildman–Crippen LogP) is 0.286. The molecular weight excluding hydrogens is 258 g/mol. The van der Waals surface area contributed by atoms with Crippen molar-refractivity contribution in [3.8, 4) is 0 Å². The molecule has 0 spiro atoms. The van der Waals surface area contributed by atoms with Gasteiger partial charge in [0.2, 0.25) is 5.91 Å². The van der Waals surface area contributed by atoms with Crippen molar-refractivity contribution in [3.05, 3.63) is 0 Å². The fraction of sp³-hybridized carbons (Fsp3) is 0.857. The maximum Gasteiger partial charge on any atom is 0.326 e. The minimum atomic E-state index is -0.998. The normalized spacial score (nSPS) is 19.4. The smallest absolute Gasteiger partial charge is 0.326 e. The van der Waals surface area contributed by atoms with Gasteiger partial charge in [-0.15, -0.1) is 0 Å². The third-order valence-corrected chi connectivity index (χ3v) is 3.85. The fourth-order valence-electron chi connectivity index (χ4n) is 2.32. The minimum Gasteiger partial charge on any atom is -0.480 e. The first kappa shape index (κ1) is 16.9. The summed E-state index contributed by atoms with van der Waals surface area (Å²) in [6.45, 7) is 12.4. The highest BCUT2D eigenvalue weighted by molar-refractivity contribution is 5.89. The monoisotopic (exact) mass is 285 g/mol. The second-order valence-corrected chi connectivity index (χ2v) is 6.91. The molecule has 0 aliphatic carbocycles. The van der Waals surface area contributed by atoms with Gasteiger partial charge in [0.15, 0.2) is 0 Å². The van der Waals surface area contributed by atoms with Crippen molar-refractivity contribution in [2.45, 2.75) is 46.2 Å². The van der Waals surface area contributed by atoms with Crippen LogP contribution < -0.4 is 10.6 Å². The van der Waals surface area contributed by atoms with Gasteiger partial charge < -0.3 is 15.7 Å². The summed E-state index contributed by atoms with van der Waals surface area (Å²) in [4.78, 5) is 25.9. The van der Waals surface area contributed by atoms with Crippen molar-refractivity contribution in [2.24, 2.45) is 5.41 Å². The van der Waals surface area contributed by atoms with Gasteiger partial charge in [-0.05, 0) is 19.3 Å². The SMILES string of the molecule is CC(C)(C)C(NC(=O)C(C)(C)N1CCNCC1)C(=O)O. The molecule has 0 aromatic carbocycles. The molecule has 20 heavy (non-hydrogen) atoms. The summed E-state index contributed by atoms with van der Waals surface area (Å²) in [6, 6.07) is -0.891. The van der Waals surface area contributed by atoms with E-state index in [1.165, 1.54) is 0 Å². The molecule has 6 nitrogen and oxygen atoms in total. The van der Waals surface area contributed by atoms with Gasteiger partial charge in [0.25, 0.3) is 0 Å². The highest BCUT2D eigenvalue weighted by atomic mass is 16.4. The van der Waals surface area contributed by atoms with Crippen molar-refractivity contribution in [1.29, 1.82) is 0 Å². The summed E-state index contributed by atoms with van der Waals surface area (Å²) >= 11 is 0. The lowest BCUT2D eigenvalue weighted by atomic mass is 9.86. The van der Waals surface area contributed by atoms with Crippen LogP contribution in [0.15, 0.2) is 0 Å². The Labute approximate surface area is 120 Å².